The van der Waals surface area contributed by atoms with Crippen molar-refractivity contribution in [3.05, 3.63) is 56.4 Å². The second kappa shape index (κ2) is 7.17. The first kappa shape index (κ1) is 17.9. The van der Waals surface area contributed by atoms with Gasteiger partial charge in [0.1, 0.15) is 5.75 Å². The molecule has 3 rings (SSSR count). The standard InChI is InChI=1S/C18H20N4O3S/c1-10-12(3)26-18(19-10)22-17(24)15(11(2)21-22)9-16(23)20-13-5-7-14(25-4)8-6-13/h5-8,21H,9H2,1-4H3,(H,20,23). The Morgan fingerprint density at radius 3 is 2.54 bits per heavy atom. The van der Waals surface area contributed by atoms with Gasteiger partial charge in [-0.3, -0.25) is 14.7 Å². The number of methoxy groups -OCH3 is 1. The van der Waals surface area contributed by atoms with Crippen LogP contribution in [0.2, 0.25) is 0 Å². The molecule has 0 unspecified atom stereocenters. The van der Waals surface area contributed by atoms with E-state index in [2.05, 4.69) is 15.4 Å². The molecule has 0 radical (unpaired) electrons. The maximum Gasteiger partial charge on any atom is 0.277 e. The number of carbonyl (C=O) groups is 1. The molecule has 26 heavy (non-hydrogen) atoms. The van der Waals surface area contributed by atoms with Crippen LogP contribution in [0.1, 0.15) is 21.8 Å². The molecule has 3 aromatic rings. The van der Waals surface area contributed by atoms with Crippen LogP contribution in [0, 0.1) is 20.8 Å². The van der Waals surface area contributed by atoms with E-state index in [0.29, 0.717) is 27.8 Å². The number of nitrogens with one attached hydrogen (secondary N) is 2. The van der Waals surface area contributed by atoms with Crippen molar-refractivity contribution in [2.45, 2.75) is 27.2 Å². The summed E-state index contributed by atoms with van der Waals surface area (Å²) in [5, 5.41) is 6.38. The molecule has 8 heteroatoms. The summed E-state index contributed by atoms with van der Waals surface area (Å²) >= 11 is 1.44. The number of hydrogen-bond donors (Lipinski definition) is 2. The van der Waals surface area contributed by atoms with Crippen molar-refractivity contribution < 1.29 is 9.53 Å². The third-order valence-corrected chi connectivity index (χ3v) is 5.17. The first-order valence-corrected chi connectivity index (χ1v) is 8.89. The van der Waals surface area contributed by atoms with Crippen LogP contribution in [0.3, 0.4) is 0 Å². The number of aryl methyl sites for hydroxylation is 3. The van der Waals surface area contributed by atoms with Crippen molar-refractivity contribution >= 4 is 22.9 Å². The minimum absolute atomic E-state index is 0.0104. The molecule has 1 aromatic carbocycles. The molecule has 0 fully saturated rings. The van der Waals surface area contributed by atoms with Gasteiger partial charge in [-0.1, -0.05) is 11.3 Å². The van der Waals surface area contributed by atoms with E-state index in [9.17, 15) is 9.59 Å². The van der Waals surface area contributed by atoms with Crippen molar-refractivity contribution in [3.8, 4) is 10.9 Å². The van der Waals surface area contributed by atoms with Crippen LogP contribution in [-0.4, -0.2) is 27.8 Å². The molecule has 1 amide bonds. The van der Waals surface area contributed by atoms with Gasteiger partial charge in [0.2, 0.25) is 11.0 Å². The monoisotopic (exact) mass is 372 g/mol. The van der Waals surface area contributed by atoms with Crippen LogP contribution < -0.4 is 15.6 Å². The van der Waals surface area contributed by atoms with E-state index in [4.69, 9.17) is 4.74 Å². The second-order valence-electron chi connectivity index (χ2n) is 5.95. The first-order valence-electron chi connectivity index (χ1n) is 8.08. The van der Waals surface area contributed by atoms with Crippen molar-refractivity contribution in [2.24, 2.45) is 0 Å². The Morgan fingerprint density at radius 1 is 1.27 bits per heavy atom. The fraction of sp³-hybridized carbons (Fsp3) is 0.278. The average Bonchev–Trinajstić information content (AvgIpc) is 3.09. The average molecular weight is 372 g/mol. The highest BCUT2D eigenvalue weighted by molar-refractivity contribution is 7.14. The zero-order chi connectivity index (χ0) is 18.8. The van der Waals surface area contributed by atoms with Crippen molar-refractivity contribution in [2.75, 3.05) is 12.4 Å². The van der Waals surface area contributed by atoms with Gasteiger partial charge in [0, 0.05) is 21.8 Å². The van der Waals surface area contributed by atoms with E-state index in [1.165, 1.54) is 16.0 Å². The molecule has 0 saturated heterocycles. The fourth-order valence-electron chi connectivity index (χ4n) is 2.52. The molecule has 2 heterocycles. The Bertz CT molecular complexity index is 979. The third-order valence-electron chi connectivity index (χ3n) is 4.11. The molecule has 0 spiro atoms. The van der Waals surface area contributed by atoms with Crippen LogP contribution in [0.15, 0.2) is 29.1 Å². The molecule has 0 atom stereocenters. The summed E-state index contributed by atoms with van der Waals surface area (Å²) in [7, 11) is 1.58. The van der Waals surface area contributed by atoms with Crippen molar-refractivity contribution in [3.63, 3.8) is 0 Å². The number of hydrogen-bond acceptors (Lipinski definition) is 5. The molecule has 0 bridgehead atoms. The number of ether oxygens (including phenoxy) is 1. The van der Waals surface area contributed by atoms with Gasteiger partial charge in [-0.15, -0.1) is 0 Å². The number of carbonyl (C=O) groups excluding carboxylic acids is 1. The highest BCUT2D eigenvalue weighted by Crippen LogP contribution is 2.19. The summed E-state index contributed by atoms with van der Waals surface area (Å²) in [5.74, 6) is 0.453. The lowest BCUT2D eigenvalue weighted by atomic mass is 10.2. The quantitative estimate of drug-likeness (QED) is 0.721. The lowest BCUT2D eigenvalue weighted by Crippen LogP contribution is -2.22. The fourth-order valence-corrected chi connectivity index (χ4v) is 3.39. The Balaban J connectivity index is 1.79. The van der Waals surface area contributed by atoms with Gasteiger partial charge in [-0.2, -0.15) is 4.68 Å². The van der Waals surface area contributed by atoms with Gasteiger partial charge in [0.05, 0.1) is 19.2 Å². The van der Waals surface area contributed by atoms with Gasteiger partial charge >= 0.3 is 0 Å². The molecule has 0 saturated carbocycles. The number of nitrogens with zero attached hydrogens (tertiary/aromatic N) is 2. The molecule has 2 N–H and O–H groups in total. The minimum atomic E-state index is -0.256. The number of rotatable bonds is 5. The number of H-pyrrole nitrogens is 1. The predicted molar refractivity (Wildman–Crippen MR) is 102 cm³/mol. The number of thiazole rings is 1. The van der Waals surface area contributed by atoms with E-state index < -0.39 is 0 Å². The van der Waals surface area contributed by atoms with E-state index in [0.717, 1.165) is 10.6 Å². The SMILES string of the molecule is COc1ccc(NC(=O)Cc2c(C)[nH]n(-c3nc(C)c(C)s3)c2=O)cc1. The van der Waals surface area contributed by atoms with Crippen LogP contribution in [0.4, 0.5) is 5.69 Å². The molecular formula is C18H20N4O3S. The second-order valence-corrected chi connectivity index (χ2v) is 7.13. The van der Waals surface area contributed by atoms with Crippen LogP contribution in [-0.2, 0) is 11.2 Å². The van der Waals surface area contributed by atoms with Gasteiger partial charge in [0.25, 0.3) is 5.56 Å². The normalized spacial score (nSPS) is 10.8. The Morgan fingerprint density at radius 2 is 1.96 bits per heavy atom. The largest absolute Gasteiger partial charge is 0.497 e. The summed E-state index contributed by atoms with van der Waals surface area (Å²) in [5.41, 5.74) is 2.38. The van der Waals surface area contributed by atoms with Crippen molar-refractivity contribution in [1.82, 2.24) is 14.8 Å². The van der Waals surface area contributed by atoms with Gasteiger partial charge in [-0.05, 0) is 45.0 Å². The highest BCUT2D eigenvalue weighted by atomic mass is 32.1. The van der Waals surface area contributed by atoms with E-state index in [-0.39, 0.29) is 17.9 Å². The number of aromatic amines is 1. The Hall–Kier alpha value is -2.87. The summed E-state index contributed by atoms with van der Waals surface area (Å²) in [6, 6.07) is 7.02. The summed E-state index contributed by atoms with van der Waals surface area (Å²) < 4.78 is 6.49. The van der Waals surface area contributed by atoms with Crippen LogP contribution >= 0.6 is 11.3 Å². The number of amides is 1. The molecule has 0 aliphatic heterocycles. The molecular weight excluding hydrogens is 352 g/mol. The van der Waals surface area contributed by atoms with Gasteiger partial charge in [-0.25, -0.2) is 4.98 Å². The van der Waals surface area contributed by atoms with E-state index in [1.807, 2.05) is 13.8 Å². The number of benzene rings is 1. The first-order chi connectivity index (χ1) is 12.4. The molecule has 0 aliphatic rings. The van der Waals surface area contributed by atoms with E-state index in [1.54, 1.807) is 38.3 Å². The molecule has 0 aliphatic carbocycles. The lowest BCUT2D eigenvalue weighted by molar-refractivity contribution is -0.115. The summed E-state index contributed by atoms with van der Waals surface area (Å²) in [6.07, 6.45) is -0.0104. The topological polar surface area (TPSA) is 89.0 Å². The third kappa shape index (κ3) is 3.55. The maximum atomic E-state index is 12.7. The minimum Gasteiger partial charge on any atom is -0.497 e. The maximum absolute atomic E-state index is 12.7. The van der Waals surface area contributed by atoms with Gasteiger partial charge in [0.15, 0.2) is 0 Å². The number of aromatic nitrogens is 3. The van der Waals surface area contributed by atoms with Gasteiger partial charge < -0.3 is 10.1 Å². The van der Waals surface area contributed by atoms with E-state index >= 15 is 0 Å². The highest BCUT2D eigenvalue weighted by Gasteiger charge is 2.18. The molecule has 2 aromatic heterocycles. The molecule has 136 valence electrons. The Kier molecular flexibility index (Phi) is 4.94. The molecule has 7 nitrogen and oxygen atoms in total. The van der Waals surface area contributed by atoms with Crippen LogP contribution in [0.5, 0.6) is 5.75 Å². The zero-order valence-corrected chi connectivity index (χ0v) is 15.9. The van der Waals surface area contributed by atoms with Crippen LogP contribution in [0.25, 0.3) is 5.13 Å². The Labute approximate surface area is 154 Å². The zero-order valence-electron chi connectivity index (χ0n) is 15.0. The predicted octanol–water partition coefficient (Wildman–Crippen LogP) is 2.74. The van der Waals surface area contributed by atoms with Crippen molar-refractivity contribution in [1.29, 1.82) is 0 Å². The lowest BCUT2D eigenvalue weighted by Gasteiger charge is -2.05. The summed E-state index contributed by atoms with van der Waals surface area (Å²) in [4.78, 5) is 30.5. The smallest absolute Gasteiger partial charge is 0.277 e. The summed E-state index contributed by atoms with van der Waals surface area (Å²) in [6.45, 7) is 5.64. The number of anilines is 1.